The van der Waals surface area contributed by atoms with Crippen molar-refractivity contribution in [1.29, 1.82) is 5.26 Å². The standard InChI is InChI=1S/C19H16N4O4/c1-2-23-18(25)15-8-3-12(11-16(15)22-19(23)26)17(24)21-13-4-6-14(7-5-13)27-10-9-20/h3-8,11H,2,10H2,1H3,(H,21,24)(H,22,26). The number of nitrogens with zero attached hydrogens (tertiary/aromatic N) is 2. The monoisotopic (exact) mass is 364 g/mol. The molecule has 0 aliphatic rings. The third-order valence-corrected chi connectivity index (χ3v) is 3.98. The maximum Gasteiger partial charge on any atom is 0.328 e. The minimum absolute atomic E-state index is 0.0548. The number of hydrogen-bond donors (Lipinski definition) is 2. The second kappa shape index (κ2) is 7.58. The van der Waals surface area contributed by atoms with E-state index in [1.54, 1.807) is 31.2 Å². The molecule has 3 rings (SSSR count). The fraction of sp³-hybridized carbons (Fsp3) is 0.158. The highest BCUT2D eigenvalue weighted by atomic mass is 16.5. The first-order valence-electron chi connectivity index (χ1n) is 8.21. The van der Waals surface area contributed by atoms with E-state index in [1.165, 1.54) is 18.2 Å². The average molecular weight is 364 g/mol. The predicted molar refractivity (Wildman–Crippen MR) is 100 cm³/mol. The number of ether oxygens (including phenoxy) is 1. The summed E-state index contributed by atoms with van der Waals surface area (Å²) in [7, 11) is 0. The fourth-order valence-electron chi connectivity index (χ4n) is 2.64. The van der Waals surface area contributed by atoms with E-state index in [-0.39, 0.29) is 19.1 Å². The SMILES string of the molecule is CCn1c(=O)[nH]c2cc(C(=O)Nc3ccc(OCC#N)cc3)ccc2c1=O. The van der Waals surface area contributed by atoms with Crippen molar-refractivity contribution in [1.82, 2.24) is 9.55 Å². The highest BCUT2D eigenvalue weighted by Crippen LogP contribution is 2.17. The van der Waals surface area contributed by atoms with Crippen molar-refractivity contribution >= 4 is 22.5 Å². The number of fused-ring (bicyclic) bond motifs is 1. The van der Waals surface area contributed by atoms with Crippen molar-refractivity contribution < 1.29 is 9.53 Å². The molecule has 2 N–H and O–H groups in total. The van der Waals surface area contributed by atoms with E-state index in [2.05, 4.69) is 10.3 Å². The van der Waals surface area contributed by atoms with Gasteiger partial charge in [0.25, 0.3) is 11.5 Å². The number of aromatic nitrogens is 2. The Balaban J connectivity index is 1.85. The number of nitrogens with one attached hydrogen (secondary N) is 2. The Morgan fingerprint density at radius 1 is 1.22 bits per heavy atom. The minimum Gasteiger partial charge on any atom is -0.479 e. The van der Waals surface area contributed by atoms with Gasteiger partial charge in [0.2, 0.25) is 0 Å². The third kappa shape index (κ3) is 3.72. The number of carbonyl (C=O) groups is 1. The van der Waals surface area contributed by atoms with Crippen LogP contribution in [0.2, 0.25) is 0 Å². The van der Waals surface area contributed by atoms with Gasteiger partial charge in [0.1, 0.15) is 11.8 Å². The minimum atomic E-state index is -0.513. The molecule has 136 valence electrons. The first-order chi connectivity index (χ1) is 13.0. The van der Waals surface area contributed by atoms with Crippen LogP contribution in [0.15, 0.2) is 52.1 Å². The maximum absolute atomic E-state index is 12.4. The summed E-state index contributed by atoms with van der Waals surface area (Å²) in [5.41, 5.74) is 0.246. The average Bonchev–Trinajstić information content (AvgIpc) is 2.67. The number of anilines is 1. The summed E-state index contributed by atoms with van der Waals surface area (Å²) in [5, 5.41) is 11.6. The zero-order chi connectivity index (χ0) is 19.4. The molecule has 1 aromatic heterocycles. The summed E-state index contributed by atoms with van der Waals surface area (Å²) < 4.78 is 6.25. The van der Waals surface area contributed by atoms with Gasteiger partial charge >= 0.3 is 5.69 Å². The largest absolute Gasteiger partial charge is 0.479 e. The van der Waals surface area contributed by atoms with E-state index in [9.17, 15) is 14.4 Å². The summed E-state index contributed by atoms with van der Waals surface area (Å²) in [6, 6.07) is 13.0. The van der Waals surface area contributed by atoms with Crippen LogP contribution in [0.5, 0.6) is 5.75 Å². The molecule has 3 aromatic rings. The number of nitriles is 1. The molecule has 0 bridgehead atoms. The van der Waals surface area contributed by atoms with Gasteiger partial charge in [-0.3, -0.25) is 14.2 Å². The van der Waals surface area contributed by atoms with Gasteiger partial charge in [0.15, 0.2) is 6.61 Å². The number of aromatic amines is 1. The highest BCUT2D eigenvalue weighted by molar-refractivity contribution is 6.06. The van der Waals surface area contributed by atoms with Crippen LogP contribution >= 0.6 is 0 Å². The Hall–Kier alpha value is -3.86. The van der Waals surface area contributed by atoms with Crippen LogP contribution in [-0.2, 0) is 6.54 Å². The Labute approximate surface area is 153 Å². The Kier molecular flexibility index (Phi) is 5.04. The number of rotatable bonds is 5. The molecule has 0 radical (unpaired) electrons. The van der Waals surface area contributed by atoms with Crippen molar-refractivity contribution in [2.75, 3.05) is 11.9 Å². The van der Waals surface area contributed by atoms with Crippen LogP contribution in [-0.4, -0.2) is 22.1 Å². The van der Waals surface area contributed by atoms with E-state index in [0.29, 0.717) is 27.9 Å². The topological polar surface area (TPSA) is 117 Å². The molecule has 27 heavy (non-hydrogen) atoms. The van der Waals surface area contributed by atoms with E-state index < -0.39 is 11.2 Å². The van der Waals surface area contributed by atoms with Gasteiger partial charge < -0.3 is 15.0 Å². The van der Waals surface area contributed by atoms with Crippen molar-refractivity contribution in [2.24, 2.45) is 0 Å². The van der Waals surface area contributed by atoms with Gasteiger partial charge in [0, 0.05) is 17.8 Å². The molecule has 0 unspecified atom stereocenters. The fourth-order valence-corrected chi connectivity index (χ4v) is 2.64. The molecule has 2 aromatic carbocycles. The Morgan fingerprint density at radius 2 is 1.96 bits per heavy atom. The summed E-state index contributed by atoms with van der Waals surface area (Å²) in [4.78, 5) is 39.3. The highest BCUT2D eigenvalue weighted by Gasteiger charge is 2.11. The van der Waals surface area contributed by atoms with Gasteiger partial charge in [-0.2, -0.15) is 5.26 Å². The molecule has 0 fully saturated rings. The second-order valence-corrected chi connectivity index (χ2v) is 5.67. The molecule has 0 aliphatic carbocycles. The lowest BCUT2D eigenvalue weighted by molar-refractivity contribution is 0.102. The zero-order valence-electron chi connectivity index (χ0n) is 14.5. The molecule has 0 saturated carbocycles. The van der Waals surface area contributed by atoms with Gasteiger partial charge in [-0.1, -0.05) is 0 Å². The summed E-state index contributed by atoms with van der Waals surface area (Å²) in [5.74, 6) is 0.133. The summed E-state index contributed by atoms with van der Waals surface area (Å²) >= 11 is 0. The lowest BCUT2D eigenvalue weighted by atomic mass is 10.1. The maximum atomic E-state index is 12.4. The normalized spacial score (nSPS) is 10.4. The van der Waals surface area contributed by atoms with Gasteiger partial charge in [-0.25, -0.2) is 4.79 Å². The van der Waals surface area contributed by atoms with Crippen molar-refractivity contribution in [2.45, 2.75) is 13.5 Å². The molecule has 0 aliphatic heterocycles. The van der Waals surface area contributed by atoms with Crippen molar-refractivity contribution in [3.05, 3.63) is 68.9 Å². The van der Waals surface area contributed by atoms with Gasteiger partial charge in [-0.15, -0.1) is 0 Å². The van der Waals surface area contributed by atoms with Crippen LogP contribution in [0.1, 0.15) is 17.3 Å². The van der Waals surface area contributed by atoms with Gasteiger partial charge in [-0.05, 0) is 49.4 Å². The van der Waals surface area contributed by atoms with Crippen LogP contribution in [0.3, 0.4) is 0 Å². The second-order valence-electron chi connectivity index (χ2n) is 5.67. The quantitative estimate of drug-likeness (QED) is 0.717. The van der Waals surface area contributed by atoms with Crippen molar-refractivity contribution in [3.8, 4) is 11.8 Å². The molecule has 1 amide bonds. The van der Waals surface area contributed by atoms with Crippen LogP contribution in [0.4, 0.5) is 5.69 Å². The van der Waals surface area contributed by atoms with Crippen molar-refractivity contribution in [3.63, 3.8) is 0 Å². The molecule has 0 saturated heterocycles. The molecule has 1 heterocycles. The molecular formula is C19H16N4O4. The van der Waals surface area contributed by atoms with E-state index in [0.717, 1.165) is 4.57 Å². The lowest BCUT2D eigenvalue weighted by Gasteiger charge is -2.08. The molecule has 0 spiro atoms. The number of benzene rings is 2. The Morgan fingerprint density at radius 3 is 2.63 bits per heavy atom. The van der Waals surface area contributed by atoms with E-state index >= 15 is 0 Å². The summed E-state index contributed by atoms with van der Waals surface area (Å²) in [6.45, 7) is 1.92. The lowest BCUT2D eigenvalue weighted by Crippen LogP contribution is -2.34. The van der Waals surface area contributed by atoms with E-state index in [1.807, 2.05) is 6.07 Å². The zero-order valence-corrected chi connectivity index (χ0v) is 14.5. The number of amides is 1. The molecular weight excluding hydrogens is 348 g/mol. The van der Waals surface area contributed by atoms with Crippen LogP contribution in [0, 0.1) is 11.3 Å². The number of H-pyrrole nitrogens is 1. The first kappa shape index (κ1) is 17.9. The molecule has 8 heteroatoms. The third-order valence-electron chi connectivity index (χ3n) is 3.98. The van der Waals surface area contributed by atoms with Gasteiger partial charge in [0.05, 0.1) is 10.9 Å². The van der Waals surface area contributed by atoms with E-state index in [4.69, 9.17) is 10.00 Å². The number of carbonyl (C=O) groups excluding carboxylic acids is 1. The Bertz CT molecular complexity index is 1150. The molecule has 0 atom stereocenters. The van der Waals surface area contributed by atoms with Crippen LogP contribution in [0.25, 0.3) is 10.9 Å². The first-order valence-corrected chi connectivity index (χ1v) is 8.21. The van der Waals surface area contributed by atoms with Crippen LogP contribution < -0.4 is 21.3 Å². The molecule has 8 nitrogen and oxygen atoms in total. The predicted octanol–water partition coefficient (Wildman–Crippen LogP) is 1.86. The summed E-state index contributed by atoms with van der Waals surface area (Å²) in [6.07, 6.45) is 0. The smallest absolute Gasteiger partial charge is 0.328 e. The number of hydrogen-bond acceptors (Lipinski definition) is 5.